The highest BCUT2D eigenvalue weighted by Gasteiger charge is 2.38. The molecule has 0 radical (unpaired) electrons. The summed E-state index contributed by atoms with van der Waals surface area (Å²) >= 11 is 0. The van der Waals surface area contributed by atoms with Crippen molar-refractivity contribution in [2.45, 2.75) is 57.2 Å². The summed E-state index contributed by atoms with van der Waals surface area (Å²) in [6, 6.07) is 13.0. The minimum absolute atomic E-state index is 0. The van der Waals surface area contributed by atoms with Crippen LogP contribution in [-0.4, -0.2) is 43.8 Å². The third kappa shape index (κ3) is 7.13. The van der Waals surface area contributed by atoms with E-state index in [4.69, 9.17) is 4.74 Å². The number of esters is 1. The molecule has 39 heavy (non-hydrogen) atoms. The number of carbonyl (C=O) groups excluding carboxylic acids is 3. The Bertz CT molecular complexity index is 1220. The topological polar surface area (TPSA) is 99.8 Å². The van der Waals surface area contributed by atoms with Crippen molar-refractivity contribution < 1.29 is 27.9 Å². The lowest BCUT2D eigenvalue weighted by Crippen LogP contribution is -2.59. The molecule has 3 amide bonds. The lowest BCUT2D eigenvalue weighted by Gasteiger charge is -2.36. The van der Waals surface area contributed by atoms with Crippen LogP contribution >= 0.6 is 12.4 Å². The van der Waals surface area contributed by atoms with Gasteiger partial charge >= 0.3 is 12.0 Å². The molecule has 1 heterocycles. The van der Waals surface area contributed by atoms with Crippen LogP contribution in [0.5, 0.6) is 0 Å². The Kier molecular flexibility index (Phi) is 10.4. The number of allylic oxidation sites excluding steroid dienone is 1. The Hall–Kier alpha value is -3.50. The number of anilines is 1. The van der Waals surface area contributed by atoms with Gasteiger partial charge in [0, 0.05) is 36.5 Å². The van der Waals surface area contributed by atoms with Gasteiger partial charge in [-0.05, 0) is 56.2 Å². The monoisotopic (exact) mass is 562 g/mol. The van der Waals surface area contributed by atoms with Gasteiger partial charge in [-0.3, -0.25) is 9.69 Å². The van der Waals surface area contributed by atoms with Crippen molar-refractivity contribution in [1.29, 1.82) is 0 Å². The molecule has 1 aliphatic heterocycles. The molecule has 1 unspecified atom stereocenters. The van der Waals surface area contributed by atoms with E-state index in [9.17, 15) is 23.2 Å². The molecule has 11 heteroatoms. The fourth-order valence-corrected chi connectivity index (χ4v) is 5.18. The highest BCUT2D eigenvalue weighted by molar-refractivity contribution is 6.01. The number of nitrogens with one attached hydrogen (secondary N) is 3. The Balaban J connectivity index is 0.00000420. The van der Waals surface area contributed by atoms with Gasteiger partial charge in [-0.1, -0.05) is 30.3 Å². The first kappa shape index (κ1) is 30.0. The molecule has 1 saturated carbocycles. The SMILES string of the molecule is COC(=O)C1=C(C)NC(=O)NC1N(C(=O)CCNC1CCC(c2ccccc2)CC1)c1ccc(F)c(F)c1.Cl. The van der Waals surface area contributed by atoms with Crippen LogP contribution in [0, 0.1) is 11.6 Å². The number of hydrogen-bond acceptors (Lipinski definition) is 5. The zero-order valence-electron chi connectivity index (χ0n) is 21.8. The van der Waals surface area contributed by atoms with Gasteiger partial charge in [0.2, 0.25) is 5.91 Å². The minimum Gasteiger partial charge on any atom is -0.465 e. The third-order valence-corrected chi connectivity index (χ3v) is 7.13. The van der Waals surface area contributed by atoms with E-state index in [1.165, 1.54) is 25.7 Å². The number of hydrogen-bond donors (Lipinski definition) is 3. The first-order valence-electron chi connectivity index (χ1n) is 12.7. The molecule has 0 spiro atoms. The van der Waals surface area contributed by atoms with Crippen LogP contribution in [0.2, 0.25) is 0 Å². The normalized spacial score (nSPS) is 20.8. The second kappa shape index (κ2) is 13.5. The number of halogens is 3. The summed E-state index contributed by atoms with van der Waals surface area (Å²) in [7, 11) is 1.18. The van der Waals surface area contributed by atoms with Gasteiger partial charge in [0.1, 0.15) is 6.17 Å². The molecule has 2 aliphatic rings. The molecule has 2 aromatic carbocycles. The number of urea groups is 1. The molecular weight excluding hydrogens is 530 g/mol. The van der Waals surface area contributed by atoms with Gasteiger partial charge in [-0.2, -0.15) is 0 Å². The lowest BCUT2D eigenvalue weighted by atomic mass is 9.82. The van der Waals surface area contributed by atoms with E-state index in [0.717, 1.165) is 42.7 Å². The van der Waals surface area contributed by atoms with Gasteiger partial charge in [0.05, 0.1) is 12.7 Å². The number of benzene rings is 2. The smallest absolute Gasteiger partial charge is 0.339 e. The molecular formula is C28H33ClF2N4O4. The van der Waals surface area contributed by atoms with E-state index in [1.807, 2.05) is 6.07 Å². The average molecular weight is 563 g/mol. The van der Waals surface area contributed by atoms with E-state index in [0.29, 0.717) is 12.5 Å². The van der Waals surface area contributed by atoms with E-state index in [2.05, 4.69) is 40.2 Å². The van der Waals surface area contributed by atoms with Crippen LogP contribution in [0.4, 0.5) is 19.3 Å². The number of rotatable bonds is 8. The lowest BCUT2D eigenvalue weighted by molar-refractivity contribution is -0.136. The van der Waals surface area contributed by atoms with Crippen LogP contribution in [0.3, 0.4) is 0 Å². The van der Waals surface area contributed by atoms with E-state index < -0.39 is 35.7 Å². The minimum atomic E-state index is -1.27. The second-order valence-corrected chi connectivity index (χ2v) is 9.56. The number of methoxy groups -OCH3 is 1. The number of nitrogens with zero attached hydrogens (tertiary/aromatic N) is 1. The van der Waals surface area contributed by atoms with Crippen molar-refractivity contribution >= 4 is 36.0 Å². The summed E-state index contributed by atoms with van der Waals surface area (Å²) in [6.45, 7) is 1.84. The molecule has 0 bridgehead atoms. The summed E-state index contributed by atoms with van der Waals surface area (Å²) < 4.78 is 32.7. The van der Waals surface area contributed by atoms with Crippen molar-refractivity contribution in [1.82, 2.24) is 16.0 Å². The maximum absolute atomic E-state index is 14.2. The summed E-state index contributed by atoms with van der Waals surface area (Å²) in [5.74, 6) is -2.97. The van der Waals surface area contributed by atoms with Gasteiger partial charge < -0.3 is 20.7 Å². The molecule has 1 atom stereocenters. The van der Waals surface area contributed by atoms with Crippen molar-refractivity contribution in [3.8, 4) is 0 Å². The Labute approximate surface area is 232 Å². The van der Waals surface area contributed by atoms with Crippen molar-refractivity contribution in [3.63, 3.8) is 0 Å². The van der Waals surface area contributed by atoms with Crippen LogP contribution in [0.25, 0.3) is 0 Å². The molecule has 2 aromatic rings. The molecule has 0 aromatic heterocycles. The predicted octanol–water partition coefficient (Wildman–Crippen LogP) is 4.51. The number of amides is 3. The highest BCUT2D eigenvalue weighted by Crippen LogP contribution is 2.33. The third-order valence-electron chi connectivity index (χ3n) is 7.13. The summed E-state index contributed by atoms with van der Waals surface area (Å²) in [5, 5.41) is 8.46. The predicted molar refractivity (Wildman–Crippen MR) is 145 cm³/mol. The fourth-order valence-electron chi connectivity index (χ4n) is 5.18. The Morgan fingerprint density at radius 2 is 1.74 bits per heavy atom. The maximum Gasteiger partial charge on any atom is 0.339 e. The van der Waals surface area contributed by atoms with Gasteiger partial charge in [0.25, 0.3) is 0 Å². The zero-order valence-corrected chi connectivity index (χ0v) is 22.7. The van der Waals surface area contributed by atoms with E-state index >= 15 is 0 Å². The largest absolute Gasteiger partial charge is 0.465 e. The standard InChI is InChI=1S/C28H32F2N4O4.ClH/c1-17-25(27(36)38-2)26(33-28(37)32-17)34(21-12-13-22(29)23(30)16-21)24(35)14-15-31-20-10-8-19(9-11-20)18-6-4-3-5-7-18;/h3-7,12-13,16,19-20,26,31H,8-11,14-15H2,1-2H3,(H2,32,33,37);1H. The van der Waals surface area contributed by atoms with E-state index in [-0.39, 0.29) is 41.8 Å². The summed E-state index contributed by atoms with van der Waals surface area (Å²) in [5.41, 5.74) is 1.52. The van der Waals surface area contributed by atoms with E-state index in [1.54, 1.807) is 0 Å². The van der Waals surface area contributed by atoms with Crippen LogP contribution in [0.1, 0.15) is 50.5 Å². The van der Waals surface area contributed by atoms with Crippen LogP contribution < -0.4 is 20.9 Å². The summed E-state index contributed by atoms with van der Waals surface area (Å²) in [4.78, 5) is 39.5. The maximum atomic E-state index is 14.2. The Morgan fingerprint density at radius 3 is 2.38 bits per heavy atom. The molecule has 8 nitrogen and oxygen atoms in total. The second-order valence-electron chi connectivity index (χ2n) is 9.56. The van der Waals surface area contributed by atoms with Crippen molar-refractivity contribution in [2.24, 2.45) is 0 Å². The Morgan fingerprint density at radius 1 is 1.05 bits per heavy atom. The number of carbonyl (C=O) groups is 3. The highest BCUT2D eigenvalue weighted by atomic mass is 35.5. The van der Waals surface area contributed by atoms with Gasteiger partial charge in [0.15, 0.2) is 11.6 Å². The average Bonchev–Trinajstić information content (AvgIpc) is 2.91. The summed E-state index contributed by atoms with van der Waals surface area (Å²) in [6.07, 6.45) is 2.77. The first-order valence-corrected chi connectivity index (χ1v) is 12.7. The van der Waals surface area contributed by atoms with Crippen molar-refractivity contribution in [2.75, 3.05) is 18.6 Å². The molecule has 210 valence electrons. The molecule has 3 N–H and O–H groups in total. The quantitative estimate of drug-likeness (QED) is 0.411. The zero-order chi connectivity index (χ0) is 27.2. The van der Waals surface area contributed by atoms with Gasteiger partial charge in [-0.15, -0.1) is 12.4 Å². The van der Waals surface area contributed by atoms with Gasteiger partial charge in [-0.25, -0.2) is 18.4 Å². The van der Waals surface area contributed by atoms with Crippen LogP contribution in [0.15, 0.2) is 59.8 Å². The van der Waals surface area contributed by atoms with Crippen molar-refractivity contribution in [3.05, 3.63) is 77.0 Å². The first-order chi connectivity index (χ1) is 18.3. The van der Waals surface area contributed by atoms with Crippen LogP contribution in [-0.2, 0) is 14.3 Å². The number of ether oxygens (including phenoxy) is 1. The molecule has 0 saturated heterocycles. The molecule has 1 aliphatic carbocycles. The molecule has 1 fully saturated rings. The molecule has 4 rings (SSSR count). The fraction of sp³-hybridized carbons (Fsp3) is 0.393.